The summed E-state index contributed by atoms with van der Waals surface area (Å²) in [7, 11) is 0. The fourth-order valence-corrected chi connectivity index (χ4v) is 0.714. The lowest BCUT2D eigenvalue weighted by Gasteiger charge is -2.14. The van der Waals surface area contributed by atoms with Gasteiger partial charge in [0.05, 0.1) is 0 Å². The predicted octanol–water partition coefficient (Wildman–Crippen LogP) is 1.31. The molecule has 0 bridgehead atoms. The quantitative estimate of drug-likeness (QED) is 0.500. The molecule has 0 saturated heterocycles. The number of nitrogens with zero attached hydrogens (tertiary/aromatic N) is 1. The lowest BCUT2D eigenvalue weighted by atomic mass is 10.3. The summed E-state index contributed by atoms with van der Waals surface area (Å²) in [6, 6.07) is 0. The Balaban J connectivity index is 0.000000810. The summed E-state index contributed by atoms with van der Waals surface area (Å²) in [6.45, 7) is 9.53. The van der Waals surface area contributed by atoms with E-state index in [1.807, 2.05) is 23.8 Å². The van der Waals surface area contributed by atoms with Crippen molar-refractivity contribution in [1.82, 2.24) is 5.32 Å². The molecular weight excluding hydrogens is 124 g/mol. The third kappa shape index (κ3) is 1.72. The number of allylic oxidation sites excluding steroid dienone is 1. The lowest BCUT2D eigenvalue weighted by Crippen LogP contribution is -2.35. The van der Waals surface area contributed by atoms with E-state index in [-0.39, 0.29) is 13.6 Å². The maximum atomic E-state index is 3.76. The van der Waals surface area contributed by atoms with Crippen molar-refractivity contribution < 1.29 is 4.58 Å². The summed E-state index contributed by atoms with van der Waals surface area (Å²) in [5.74, 6) is 0. The van der Waals surface area contributed by atoms with E-state index in [0.717, 1.165) is 5.70 Å². The summed E-state index contributed by atoms with van der Waals surface area (Å²) in [5, 5.41) is 3.11. The minimum absolute atomic E-state index is 0. The highest BCUT2D eigenvalue weighted by atomic mass is 15.2. The van der Waals surface area contributed by atoms with Gasteiger partial charge >= 0.3 is 0 Å². The standard InChI is InChI=1S/C7H11N2.CH4/c1-6-4-5-9(3)7(2)8-6;/h4-5,7-8H,1,3H2,2H3;1H4/q+1;/t7-;/m1./s1. The summed E-state index contributed by atoms with van der Waals surface area (Å²) in [4.78, 5) is 0. The molecule has 1 N–H and O–H groups in total. The minimum Gasteiger partial charge on any atom is -0.328 e. The van der Waals surface area contributed by atoms with Gasteiger partial charge in [-0.2, -0.15) is 4.58 Å². The first-order valence-electron chi connectivity index (χ1n) is 2.92. The largest absolute Gasteiger partial charge is 0.328 e. The monoisotopic (exact) mass is 139 g/mol. The Morgan fingerprint density at radius 3 is 2.70 bits per heavy atom. The predicted molar refractivity (Wildman–Crippen MR) is 45.0 cm³/mol. The van der Waals surface area contributed by atoms with Gasteiger partial charge < -0.3 is 5.32 Å². The molecule has 0 aliphatic carbocycles. The smallest absolute Gasteiger partial charge is 0.227 e. The van der Waals surface area contributed by atoms with Crippen LogP contribution in [0, 0.1) is 0 Å². The maximum absolute atomic E-state index is 3.76. The average molecular weight is 139 g/mol. The molecule has 1 atom stereocenters. The number of nitrogens with one attached hydrogen (secondary N) is 1. The van der Waals surface area contributed by atoms with Gasteiger partial charge in [0.15, 0.2) is 6.20 Å². The zero-order chi connectivity index (χ0) is 6.85. The molecular formula is C8H15N2+. The van der Waals surface area contributed by atoms with E-state index in [1.165, 1.54) is 0 Å². The Bertz CT molecular complexity index is 180. The molecule has 0 aromatic rings. The van der Waals surface area contributed by atoms with Gasteiger partial charge in [-0.1, -0.05) is 14.0 Å². The maximum Gasteiger partial charge on any atom is 0.227 e. The third-order valence-corrected chi connectivity index (χ3v) is 1.36. The van der Waals surface area contributed by atoms with Crippen molar-refractivity contribution in [2.45, 2.75) is 20.5 Å². The van der Waals surface area contributed by atoms with Crippen LogP contribution < -0.4 is 5.32 Å². The van der Waals surface area contributed by atoms with Crippen LogP contribution in [0.5, 0.6) is 0 Å². The van der Waals surface area contributed by atoms with Crippen molar-refractivity contribution >= 4 is 6.72 Å². The van der Waals surface area contributed by atoms with E-state index in [0.29, 0.717) is 0 Å². The first-order valence-corrected chi connectivity index (χ1v) is 2.92. The first kappa shape index (κ1) is 8.95. The van der Waals surface area contributed by atoms with Crippen LogP contribution in [0.2, 0.25) is 0 Å². The molecule has 0 aromatic carbocycles. The van der Waals surface area contributed by atoms with Crippen molar-refractivity contribution in [3.63, 3.8) is 0 Å². The van der Waals surface area contributed by atoms with E-state index in [4.69, 9.17) is 0 Å². The van der Waals surface area contributed by atoms with E-state index in [9.17, 15) is 0 Å². The zero-order valence-corrected chi connectivity index (χ0v) is 5.59. The molecule has 1 aliphatic heterocycles. The van der Waals surface area contributed by atoms with Crippen molar-refractivity contribution in [2.24, 2.45) is 0 Å². The molecule has 10 heavy (non-hydrogen) atoms. The highest BCUT2D eigenvalue weighted by Crippen LogP contribution is 1.99. The molecule has 1 rings (SSSR count). The normalized spacial score (nSPS) is 23.5. The molecule has 0 unspecified atom stereocenters. The Labute approximate surface area is 62.6 Å². The summed E-state index contributed by atoms with van der Waals surface area (Å²) in [6.07, 6.45) is 4.07. The second-order valence-corrected chi connectivity index (χ2v) is 2.18. The van der Waals surface area contributed by atoms with Crippen LogP contribution in [0.1, 0.15) is 14.4 Å². The Kier molecular flexibility index (Phi) is 2.87. The van der Waals surface area contributed by atoms with Gasteiger partial charge in [0.2, 0.25) is 6.17 Å². The van der Waals surface area contributed by atoms with Crippen LogP contribution >= 0.6 is 0 Å². The second kappa shape index (κ2) is 3.20. The second-order valence-electron chi connectivity index (χ2n) is 2.18. The van der Waals surface area contributed by atoms with Crippen molar-refractivity contribution in [3.8, 4) is 0 Å². The third-order valence-electron chi connectivity index (χ3n) is 1.36. The van der Waals surface area contributed by atoms with Crippen LogP contribution in [0.3, 0.4) is 0 Å². The molecule has 1 aliphatic rings. The van der Waals surface area contributed by atoms with Crippen molar-refractivity contribution in [3.05, 3.63) is 24.6 Å². The van der Waals surface area contributed by atoms with Gasteiger partial charge in [-0.05, 0) is 0 Å². The highest BCUT2D eigenvalue weighted by molar-refractivity contribution is 5.20. The molecule has 0 spiro atoms. The average Bonchev–Trinajstić information content (AvgIpc) is 1.80. The first-order chi connectivity index (χ1) is 4.20. The molecule has 0 fully saturated rings. The molecule has 56 valence electrons. The Hall–Kier alpha value is -1.05. The van der Waals surface area contributed by atoms with E-state index in [2.05, 4.69) is 18.6 Å². The molecule has 0 amide bonds. The van der Waals surface area contributed by atoms with Gasteiger partial charge in [0.1, 0.15) is 6.72 Å². The minimum atomic E-state index is 0. The Morgan fingerprint density at radius 1 is 1.70 bits per heavy atom. The molecule has 1 heterocycles. The zero-order valence-electron chi connectivity index (χ0n) is 5.59. The number of rotatable bonds is 0. The molecule has 0 saturated carbocycles. The SMILES string of the molecule is C.C=C1C=C[N+](=C)[C@H](C)N1. The van der Waals surface area contributed by atoms with Gasteiger partial charge in [-0.15, -0.1) is 0 Å². The van der Waals surface area contributed by atoms with Crippen LogP contribution in [-0.4, -0.2) is 17.5 Å². The van der Waals surface area contributed by atoms with E-state index < -0.39 is 0 Å². The molecule has 2 nitrogen and oxygen atoms in total. The van der Waals surface area contributed by atoms with Crippen LogP contribution in [-0.2, 0) is 0 Å². The van der Waals surface area contributed by atoms with Gasteiger partial charge in [-0.25, -0.2) is 0 Å². The molecule has 0 aromatic heterocycles. The summed E-state index contributed by atoms with van der Waals surface area (Å²) in [5.41, 5.74) is 0.947. The number of hydrogen-bond donors (Lipinski definition) is 1. The van der Waals surface area contributed by atoms with Gasteiger partial charge in [0.25, 0.3) is 0 Å². The lowest BCUT2D eigenvalue weighted by molar-refractivity contribution is -0.496. The van der Waals surface area contributed by atoms with Gasteiger partial charge in [0, 0.05) is 18.7 Å². The summed E-state index contributed by atoms with van der Waals surface area (Å²) >= 11 is 0. The Morgan fingerprint density at radius 2 is 2.30 bits per heavy atom. The van der Waals surface area contributed by atoms with Crippen LogP contribution in [0.4, 0.5) is 0 Å². The summed E-state index contributed by atoms with van der Waals surface area (Å²) < 4.78 is 1.84. The number of hydrogen-bond acceptors (Lipinski definition) is 1. The highest BCUT2D eigenvalue weighted by Gasteiger charge is 2.13. The fraction of sp³-hybridized carbons (Fsp3) is 0.375. The fourth-order valence-electron chi connectivity index (χ4n) is 0.714. The van der Waals surface area contributed by atoms with Crippen molar-refractivity contribution in [2.75, 3.05) is 0 Å². The van der Waals surface area contributed by atoms with Gasteiger partial charge in [-0.3, -0.25) is 0 Å². The van der Waals surface area contributed by atoms with Crippen LogP contribution in [0.15, 0.2) is 24.6 Å². The van der Waals surface area contributed by atoms with E-state index >= 15 is 0 Å². The molecule has 2 heteroatoms. The van der Waals surface area contributed by atoms with Crippen molar-refractivity contribution in [1.29, 1.82) is 0 Å². The van der Waals surface area contributed by atoms with E-state index in [1.54, 1.807) is 0 Å². The topological polar surface area (TPSA) is 15.0 Å². The van der Waals surface area contributed by atoms with Crippen LogP contribution in [0.25, 0.3) is 0 Å². The molecule has 0 radical (unpaired) electrons.